The number of hydrogen-bond donors (Lipinski definition) is 2. The number of benzene rings is 2. The molecule has 0 fully saturated rings. The largest absolute Gasteiger partial charge is 0.454 e. The third-order valence-electron chi connectivity index (χ3n) is 4.33. The van der Waals surface area contributed by atoms with Crippen LogP contribution in [0, 0.1) is 0 Å². The Hall–Kier alpha value is -3.13. The highest BCUT2D eigenvalue weighted by molar-refractivity contribution is 7.18. The Kier molecular flexibility index (Phi) is 5.38. The van der Waals surface area contributed by atoms with Gasteiger partial charge in [0.25, 0.3) is 5.91 Å². The maximum absolute atomic E-state index is 12.1. The van der Waals surface area contributed by atoms with Crippen LogP contribution in [0.2, 0.25) is 0 Å². The summed E-state index contributed by atoms with van der Waals surface area (Å²) >= 11 is 1.69. The van der Waals surface area contributed by atoms with Gasteiger partial charge < -0.3 is 9.47 Å². The number of hydrazine groups is 1. The van der Waals surface area contributed by atoms with Gasteiger partial charge in [-0.15, -0.1) is 11.3 Å². The number of carbonyl (C=O) groups excluding carboxylic acids is 2. The maximum Gasteiger partial charge on any atom is 0.269 e. The number of nitrogens with zero attached hydrogens (tertiary/aromatic N) is 1. The van der Waals surface area contributed by atoms with Gasteiger partial charge in [-0.2, -0.15) is 0 Å². The van der Waals surface area contributed by atoms with Crippen molar-refractivity contribution < 1.29 is 19.1 Å². The van der Waals surface area contributed by atoms with Crippen molar-refractivity contribution in [3.8, 4) is 11.5 Å². The minimum atomic E-state index is -0.402. The van der Waals surface area contributed by atoms with Crippen LogP contribution < -0.4 is 20.3 Å². The number of carbonyl (C=O) groups is 2. The number of ether oxygens (including phenoxy) is 2. The van der Waals surface area contributed by atoms with Gasteiger partial charge in [-0.3, -0.25) is 20.4 Å². The van der Waals surface area contributed by atoms with Crippen molar-refractivity contribution in [1.29, 1.82) is 0 Å². The molecule has 0 atom stereocenters. The number of fused-ring (bicyclic) bond motifs is 2. The second-order valence-corrected chi connectivity index (χ2v) is 7.47. The third-order valence-corrected chi connectivity index (χ3v) is 5.43. The molecule has 1 aromatic heterocycles. The fraction of sp³-hybridized carbons (Fsp3) is 0.250. The molecule has 8 heteroatoms. The lowest BCUT2D eigenvalue weighted by Crippen LogP contribution is -2.41. The minimum Gasteiger partial charge on any atom is -0.454 e. The number of amides is 2. The summed E-state index contributed by atoms with van der Waals surface area (Å²) in [6, 6.07) is 12.9. The van der Waals surface area contributed by atoms with Crippen LogP contribution >= 0.6 is 11.3 Å². The molecule has 1 aliphatic rings. The number of unbranched alkanes of at least 4 members (excludes halogenated alkanes) is 1. The summed E-state index contributed by atoms with van der Waals surface area (Å²) in [6.07, 6.45) is 2.77. The molecule has 3 aromatic rings. The minimum absolute atomic E-state index is 0.147. The van der Waals surface area contributed by atoms with Gasteiger partial charge in [0.2, 0.25) is 12.7 Å². The van der Waals surface area contributed by atoms with Crippen LogP contribution in [0.4, 0.5) is 0 Å². The Bertz CT molecular complexity index is 985. The first-order valence-electron chi connectivity index (χ1n) is 9.02. The van der Waals surface area contributed by atoms with E-state index in [2.05, 4.69) is 21.9 Å². The number of para-hydroxylation sites is 1. The molecule has 0 unspecified atom stereocenters. The SMILES string of the molecule is O=C(CCCCc1nc2ccccc2s1)NNC(=O)c1ccc2c(c1)OCO2. The molecule has 0 saturated carbocycles. The molecule has 0 bridgehead atoms. The van der Waals surface area contributed by atoms with Crippen molar-refractivity contribution >= 4 is 33.4 Å². The van der Waals surface area contributed by atoms with Crippen LogP contribution in [0.3, 0.4) is 0 Å². The number of rotatable bonds is 6. The van der Waals surface area contributed by atoms with Gasteiger partial charge in [0, 0.05) is 12.0 Å². The van der Waals surface area contributed by atoms with Crippen LogP contribution in [0.15, 0.2) is 42.5 Å². The quantitative estimate of drug-likeness (QED) is 0.492. The molecule has 2 N–H and O–H groups in total. The van der Waals surface area contributed by atoms with Crippen molar-refractivity contribution in [2.75, 3.05) is 6.79 Å². The second kappa shape index (κ2) is 8.26. The average molecular weight is 397 g/mol. The highest BCUT2D eigenvalue weighted by Crippen LogP contribution is 2.32. The lowest BCUT2D eigenvalue weighted by atomic mass is 10.2. The molecular weight excluding hydrogens is 378 g/mol. The van der Waals surface area contributed by atoms with Crippen molar-refractivity contribution in [1.82, 2.24) is 15.8 Å². The van der Waals surface area contributed by atoms with Gasteiger partial charge in [-0.05, 0) is 49.6 Å². The van der Waals surface area contributed by atoms with E-state index < -0.39 is 5.91 Å². The van der Waals surface area contributed by atoms with E-state index in [1.807, 2.05) is 18.2 Å². The van der Waals surface area contributed by atoms with Crippen molar-refractivity contribution in [3.05, 3.63) is 53.0 Å². The van der Waals surface area contributed by atoms with E-state index in [-0.39, 0.29) is 12.7 Å². The molecule has 2 aromatic carbocycles. The molecule has 0 aliphatic carbocycles. The number of aryl methyl sites for hydroxylation is 1. The molecule has 28 heavy (non-hydrogen) atoms. The molecule has 0 spiro atoms. The van der Waals surface area contributed by atoms with Gasteiger partial charge in [0.1, 0.15) is 0 Å². The Morgan fingerprint density at radius 2 is 1.89 bits per heavy atom. The zero-order valence-electron chi connectivity index (χ0n) is 15.1. The van der Waals surface area contributed by atoms with Crippen molar-refractivity contribution in [2.45, 2.75) is 25.7 Å². The molecule has 2 heterocycles. The number of hydrogen-bond acceptors (Lipinski definition) is 6. The average Bonchev–Trinajstić information content (AvgIpc) is 3.34. The fourth-order valence-corrected chi connectivity index (χ4v) is 3.90. The number of nitrogens with one attached hydrogen (secondary N) is 2. The van der Waals surface area contributed by atoms with Crippen molar-refractivity contribution in [2.24, 2.45) is 0 Å². The molecule has 0 radical (unpaired) electrons. The summed E-state index contributed by atoms with van der Waals surface area (Å²) in [5, 5.41) is 1.08. The molecule has 7 nitrogen and oxygen atoms in total. The van der Waals surface area contributed by atoms with Crippen LogP contribution in [-0.4, -0.2) is 23.6 Å². The number of thiazole rings is 1. The monoisotopic (exact) mass is 397 g/mol. The Labute approximate surface area is 165 Å². The van der Waals surface area contributed by atoms with Gasteiger partial charge in [0.15, 0.2) is 11.5 Å². The van der Waals surface area contributed by atoms with Crippen LogP contribution in [-0.2, 0) is 11.2 Å². The van der Waals surface area contributed by atoms with E-state index in [9.17, 15) is 9.59 Å². The summed E-state index contributed by atoms with van der Waals surface area (Å²) in [7, 11) is 0. The lowest BCUT2D eigenvalue weighted by molar-refractivity contribution is -0.121. The predicted octanol–water partition coefficient (Wildman–Crippen LogP) is 3.20. The Morgan fingerprint density at radius 3 is 2.79 bits per heavy atom. The zero-order valence-corrected chi connectivity index (χ0v) is 15.9. The Morgan fingerprint density at radius 1 is 1.04 bits per heavy atom. The Balaban J connectivity index is 1.18. The molecular formula is C20H19N3O4S. The van der Waals surface area contributed by atoms with E-state index in [0.717, 1.165) is 29.8 Å². The lowest BCUT2D eigenvalue weighted by Gasteiger charge is -2.07. The summed E-state index contributed by atoms with van der Waals surface area (Å²) in [4.78, 5) is 28.6. The smallest absolute Gasteiger partial charge is 0.269 e. The fourth-order valence-electron chi connectivity index (χ4n) is 2.89. The molecule has 144 valence electrons. The second-order valence-electron chi connectivity index (χ2n) is 6.35. The first-order valence-corrected chi connectivity index (χ1v) is 9.84. The predicted molar refractivity (Wildman–Crippen MR) is 105 cm³/mol. The maximum atomic E-state index is 12.1. The van der Waals surface area contributed by atoms with Gasteiger partial charge in [-0.1, -0.05) is 12.1 Å². The third kappa shape index (κ3) is 4.23. The molecule has 0 saturated heterocycles. The molecule has 4 rings (SSSR count). The van der Waals surface area contributed by atoms with E-state index >= 15 is 0 Å². The summed E-state index contributed by atoms with van der Waals surface area (Å²) in [6.45, 7) is 0.147. The molecule has 1 aliphatic heterocycles. The van der Waals surface area contributed by atoms with Gasteiger partial charge in [-0.25, -0.2) is 4.98 Å². The van der Waals surface area contributed by atoms with Gasteiger partial charge in [0.05, 0.1) is 15.2 Å². The van der Waals surface area contributed by atoms with Crippen LogP contribution in [0.25, 0.3) is 10.2 Å². The van der Waals surface area contributed by atoms with Crippen LogP contribution in [0.5, 0.6) is 11.5 Å². The van der Waals surface area contributed by atoms with E-state index in [1.165, 1.54) is 4.70 Å². The first kappa shape index (κ1) is 18.2. The highest BCUT2D eigenvalue weighted by atomic mass is 32.1. The van der Waals surface area contributed by atoms with E-state index in [0.29, 0.717) is 23.5 Å². The zero-order chi connectivity index (χ0) is 19.3. The van der Waals surface area contributed by atoms with E-state index in [4.69, 9.17) is 9.47 Å². The van der Waals surface area contributed by atoms with E-state index in [1.54, 1.807) is 29.5 Å². The summed E-state index contributed by atoms with van der Waals surface area (Å²) in [5.41, 5.74) is 6.28. The van der Waals surface area contributed by atoms with Gasteiger partial charge >= 0.3 is 0 Å². The number of aromatic nitrogens is 1. The summed E-state index contributed by atoms with van der Waals surface area (Å²) < 4.78 is 11.6. The highest BCUT2D eigenvalue weighted by Gasteiger charge is 2.16. The molecule has 2 amide bonds. The van der Waals surface area contributed by atoms with Crippen molar-refractivity contribution in [3.63, 3.8) is 0 Å². The summed E-state index contributed by atoms with van der Waals surface area (Å²) in [5.74, 6) is 0.502. The van der Waals surface area contributed by atoms with Crippen LogP contribution in [0.1, 0.15) is 34.6 Å². The first-order chi connectivity index (χ1) is 13.7. The topological polar surface area (TPSA) is 89.6 Å². The normalized spacial score (nSPS) is 12.1. The standard InChI is InChI=1S/C20H19N3O4S/c24-18(7-3-4-8-19-21-14-5-1-2-6-17(14)28-19)22-23-20(25)13-9-10-15-16(11-13)27-12-26-15/h1-2,5-6,9-11H,3-4,7-8,12H2,(H,22,24)(H,23,25).